The minimum absolute atomic E-state index is 0.173. The summed E-state index contributed by atoms with van der Waals surface area (Å²) in [6, 6.07) is 3.55. The van der Waals surface area contributed by atoms with Gasteiger partial charge >= 0.3 is 0 Å². The summed E-state index contributed by atoms with van der Waals surface area (Å²) in [5.74, 6) is -0.173. The van der Waals surface area contributed by atoms with Gasteiger partial charge in [-0.25, -0.2) is 0 Å². The number of aryl methyl sites for hydroxylation is 1. The summed E-state index contributed by atoms with van der Waals surface area (Å²) in [7, 11) is 1.81. The maximum absolute atomic E-state index is 11.8. The summed E-state index contributed by atoms with van der Waals surface area (Å²) >= 11 is 0. The Morgan fingerprint density at radius 1 is 1.60 bits per heavy atom. The lowest BCUT2D eigenvalue weighted by Crippen LogP contribution is -2.51. The van der Waals surface area contributed by atoms with Gasteiger partial charge in [-0.15, -0.1) is 0 Å². The molecule has 0 saturated heterocycles. The van der Waals surface area contributed by atoms with E-state index in [4.69, 9.17) is 0 Å². The van der Waals surface area contributed by atoms with E-state index < -0.39 is 11.6 Å². The molecular formula is C11H18N2O2. The summed E-state index contributed by atoms with van der Waals surface area (Å²) in [6.07, 6.45) is 1.21. The van der Waals surface area contributed by atoms with E-state index in [1.807, 2.05) is 19.3 Å². The Labute approximate surface area is 89.9 Å². The predicted octanol–water partition coefficient (Wildman–Crippen LogP) is 0.914. The fourth-order valence-corrected chi connectivity index (χ4v) is 1.16. The Kier molecular flexibility index (Phi) is 3.19. The molecule has 0 spiro atoms. The third kappa shape index (κ3) is 2.59. The van der Waals surface area contributed by atoms with Gasteiger partial charge in [-0.3, -0.25) is 4.79 Å². The lowest BCUT2D eigenvalue weighted by atomic mass is 9.98. The number of aliphatic hydroxyl groups is 1. The highest BCUT2D eigenvalue weighted by molar-refractivity contribution is 5.93. The second-order valence-corrected chi connectivity index (χ2v) is 4.36. The van der Waals surface area contributed by atoms with E-state index in [2.05, 4.69) is 5.32 Å². The van der Waals surface area contributed by atoms with E-state index in [0.717, 1.165) is 0 Å². The van der Waals surface area contributed by atoms with E-state index in [1.165, 1.54) is 0 Å². The van der Waals surface area contributed by atoms with Crippen molar-refractivity contribution in [3.63, 3.8) is 0 Å². The maximum atomic E-state index is 11.8. The summed E-state index contributed by atoms with van der Waals surface area (Å²) in [5.41, 5.74) is -0.0369. The van der Waals surface area contributed by atoms with Gasteiger partial charge in [0, 0.05) is 13.2 Å². The first-order valence-corrected chi connectivity index (χ1v) is 4.96. The zero-order valence-electron chi connectivity index (χ0n) is 9.61. The van der Waals surface area contributed by atoms with Crippen molar-refractivity contribution in [2.45, 2.75) is 32.4 Å². The molecule has 0 aliphatic carbocycles. The van der Waals surface area contributed by atoms with E-state index in [1.54, 1.807) is 31.4 Å². The molecule has 1 aromatic heterocycles. The molecule has 4 nitrogen and oxygen atoms in total. The normalized spacial score (nSPS) is 13.7. The molecule has 0 fully saturated rings. The number of amides is 1. The van der Waals surface area contributed by atoms with Gasteiger partial charge in [0.25, 0.3) is 5.91 Å². The second-order valence-electron chi connectivity index (χ2n) is 4.36. The molecule has 0 unspecified atom stereocenters. The molecule has 1 aromatic rings. The average molecular weight is 210 g/mol. The van der Waals surface area contributed by atoms with Crippen molar-refractivity contribution in [2.75, 3.05) is 0 Å². The van der Waals surface area contributed by atoms with Crippen LogP contribution in [0.2, 0.25) is 0 Å². The lowest BCUT2D eigenvalue weighted by Gasteiger charge is -2.29. The molecule has 0 aliphatic rings. The molecule has 1 atom stereocenters. The predicted molar refractivity (Wildman–Crippen MR) is 58.6 cm³/mol. The molecule has 1 rings (SSSR count). The molecule has 0 saturated carbocycles. The van der Waals surface area contributed by atoms with Gasteiger partial charge in [0.1, 0.15) is 5.69 Å². The second kappa shape index (κ2) is 4.06. The fraction of sp³-hybridized carbons (Fsp3) is 0.545. The quantitative estimate of drug-likeness (QED) is 0.779. The molecule has 0 aliphatic heterocycles. The van der Waals surface area contributed by atoms with Crippen molar-refractivity contribution in [2.24, 2.45) is 7.05 Å². The topological polar surface area (TPSA) is 54.3 Å². The molecule has 0 radical (unpaired) electrons. The lowest BCUT2D eigenvalue weighted by molar-refractivity contribution is 0.0703. The summed E-state index contributed by atoms with van der Waals surface area (Å²) in [5, 5.41) is 12.3. The molecule has 84 valence electrons. The number of rotatable bonds is 3. The van der Waals surface area contributed by atoms with Crippen molar-refractivity contribution in [3.8, 4) is 0 Å². The van der Waals surface area contributed by atoms with Crippen LogP contribution in [-0.2, 0) is 7.05 Å². The third-order valence-corrected chi connectivity index (χ3v) is 2.66. The number of hydrogen-bond acceptors (Lipinski definition) is 2. The van der Waals surface area contributed by atoms with Crippen LogP contribution >= 0.6 is 0 Å². The van der Waals surface area contributed by atoms with Gasteiger partial charge in [0.15, 0.2) is 0 Å². The van der Waals surface area contributed by atoms with Crippen LogP contribution in [0.3, 0.4) is 0 Å². The first-order chi connectivity index (χ1) is 6.84. The highest BCUT2D eigenvalue weighted by Gasteiger charge is 2.27. The van der Waals surface area contributed by atoms with Crippen molar-refractivity contribution < 1.29 is 9.90 Å². The van der Waals surface area contributed by atoms with Gasteiger partial charge < -0.3 is 15.0 Å². The maximum Gasteiger partial charge on any atom is 0.268 e. The van der Waals surface area contributed by atoms with E-state index in [0.29, 0.717) is 5.69 Å². The molecular weight excluding hydrogens is 192 g/mol. The number of nitrogens with one attached hydrogen (secondary N) is 1. The van der Waals surface area contributed by atoms with Gasteiger partial charge in [0.05, 0.1) is 11.6 Å². The van der Waals surface area contributed by atoms with Crippen molar-refractivity contribution >= 4 is 5.91 Å². The Morgan fingerprint density at radius 2 is 2.20 bits per heavy atom. The summed E-state index contributed by atoms with van der Waals surface area (Å²) in [4.78, 5) is 11.8. The molecule has 0 aromatic carbocycles. The van der Waals surface area contributed by atoms with Crippen LogP contribution in [0.5, 0.6) is 0 Å². The smallest absolute Gasteiger partial charge is 0.268 e. The minimum atomic E-state index is -0.624. The Balaban J connectivity index is 2.77. The highest BCUT2D eigenvalue weighted by atomic mass is 16.3. The van der Waals surface area contributed by atoms with Crippen LogP contribution in [0.1, 0.15) is 31.3 Å². The van der Waals surface area contributed by atoms with Gasteiger partial charge in [-0.05, 0) is 32.9 Å². The van der Waals surface area contributed by atoms with Crippen molar-refractivity contribution in [1.82, 2.24) is 9.88 Å². The van der Waals surface area contributed by atoms with Crippen LogP contribution in [0, 0.1) is 0 Å². The van der Waals surface area contributed by atoms with Crippen molar-refractivity contribution in [3.05, 3.63) is 24.0 Å². The van der Waals surface area contributed by atoms with Crippen LogP contribution in [0.4, 0.5) is 0 Å². The molecule has 15 heavy (non-hydrogen) atoms. The summed E-state index contributed by atoms with van der Waals surface area (Å²) < 4.78 is 1.74. The molecule has 0 bridgehead atoms. The van der Waals surface area contributed by atoms with E-state index >= 15 is 0 Å². The largest absolute Gasteiger partial charge is 0.391 e. The third-order valence-electron chi connectivity index (χ3n) is 2.66. The number of nitrogens with zero attached hydrogens (tertiary/aromatic N) is 1. The van der Waals surface area contributed by atoms with Gasteiger partial charge in [-0.2, -0.15) is 0 Å². The van der Waals surface area contributed by atoms with Gasteiger partial charge in [0.2, 0.25) is 0 Å². The minimum Gasteiger partial charge on any atom is -0.391 e. The first-order valence-electron chi connectivity index (χ1n) is 4.96. The van der Waals surface area contributed by atoms with Crippen LogP contribution in [0.15, 0.2) is 18.3 Å². The van der Waals surface area contributed by atoms with E-state index in [-0.39, 0.29) is 5.91 Å². The SMILES string of the molecule is C[C@@H](O)C(C)(C)NC(=O)c1cccn1C. The van der Waals surface area contributed by atoms with Crippen LogP contribution in [-0.4, -0.2) is 27.2 Å². The zero-order chi connectivity index (χ0) is 11.6. The number of aromatic nitrogens is 1. The molecule has 1 amide bonds. The fourth-order valence-electron chi connectivity index (χ4n) is 1.16. The summed E-state index contributed by atoms with van der Waals surface area (Å²) in [6.45, 7) is 5.24. The van der Waals surface area contributed by atoms with Gasteiger partial charge in [-0.1, -0.05) is 0 Å². The van der Waals surface area contributed by atoms with Crippen LogP contribution < -0.4 is 5.32 Å². The Morgan fingerprint density at radius 3 is 2.60 bits per heavy atom. The number of carbonyl (C=O) groups excluding carboxylic acids is 1. The monoisotopic (exact) mass is 210 g/mol. The molecule has 1 heterocycles. The molecule has 4 heteroatoms. The molecule has 2 N–H and O–H groups in total. The van der Waals surface area contributed by atoms with Crippen molar-refractivity contribution in [1.29, 1.82) is 0 Å². The van der Waals surface area contributed by atoms with E-state index in [9.17, 15) is 9.90 Å². The Hall–Kier alpha value is -1.29. The van der Waals surface area contributed by atoms with Crippen LogP contribution in [0.25, 0.3) is 0 Å². The average Bonchev–Trinajstić information content (AvgIpc) is 2.50. The zero-order valence-corrected chi connectivity index (χ0v) is 9.61. The standard InChI is InChI=1S/C11H18N2O2/c1-8(14)11(2,3)12-10(15)9-6-5-7-13(9)4/h5-8,14H,1-4H3,(H,12,15)/t8-/m1/s1. The first kappa shape index (κ1) is 11.8. The number of aliphatic hydroxyl groups excluding tert-OH is 1. The Bertz CT molecular complexity index is 353. The number of hydrogen-bond donors (Lipinski definition) is 2. The highest BCUT2D eigenvalue weighted by Crippen LogP contribution is 2.10. The number of carbonyl (C=O) groups is 1.